The number of hydrogen-bond donors (Lipinski definition) is 1. The van der Waals surface area contributed by atoms with Gasteiger partial charge in [-0.25, -0.2) is 8.42 Å². The smallest absolute Gasteiger partial charge is 0.243 e. The molecule has 1 heterocycles. The van der Waals surface area contributed by atoms with Crippen molar-refractivity contribution in [1.29, 1.82) is 0 Å². The first-order chi connectivity index (χ1) is 8.37. The lowest BCUT2D eigenvalue weighted by atomic mass is 9.92. The number of aliphatic hydroxyl groups is 1. The zero-order chi connectivity index (χ0) is 13.4. The highest BCUT2D eigenvalue weighted by Gasteiger charge is 2.46. The largest absolute Gasteiger partial charge is 0.387 e. The number of sulfonamides is 1. The van der Waals surface area contributed by atoms with Crippen LogP contribution in [0.4, 0.5) is 0 Å². The molecule has 1 N–H and O–H groups in total. The first-order valence-corrected chi connectivity index (χ1v) is 7.61. The van der Waals surface area contributed by atoms with Crippen molar-refractivity contribution >= 4 is 10.0 Å². The Hall–Kier alpha value is -0.910. The summed E-state index contributed by atoms with van der Waals surface area (Å²) in [5.74, 6) is 0. The number of hydrogen-bond acceptors (Lipinski definition) is 3. The van der Waals surface area contributed by atoms with Gasteiger partial charge in [0.2, 0.25) is 10.0 Å². The highest BCUT2D eigenvalue weighted by Crippen LogP contribution is 2.31. The van der Waals surface area contributed by atoms with Crippen molar-refractivity contribution in [2.45, 2.75) is 37.2 Å². The van der Waals surface area contributed by atoms with Crippen LogP contribution in [0, 0.1) is 6.92 Å². The monoisotopic (exact) mass is 269 g/mol. The maximum absolute atomic E-state index is 12.2. The van der Waals surface area contributed by atoms with Crippen molar-refractivity contribution in [3.8, 4) is 0 Å². The Kier molecular flexibility index (Phi) is 3.49. The third-order valence-corrected chi connectivity index (χ3v) is 5.12. The Labute approximate surface area is 108 Å². The maximum atomic E-state index is 12.2. The van der Waals surface area contributed by atoms with E-state index in [0.29, 0.717) is 11.3 Å². The summed E-state index contributed by atoms with van der Waals surface area (Å²) in [6.45, 7) is 4.31. The Morgan fingerprint density at radius 3 is 2.33 bits per heavy atom. The second-order valence-corrected chi connectivity index (χ2v) is 7.00. The molecule has 0 saturated carbocycles. The van der Waals surface area contributed by atoms with Gasteiger partial charge in [-0.2, -0.15) is 4.31 Å². The summed E-state index contributed by atoms with van der Waals surface area (Å²) in [7, 11) is -3.44. The van der Waals surface area contributed by atoms with Gasteiger partial charge in [-0.05, 0) is 25.5 Å². The molecule has 18 heavy (non-hydrogen) atoms. The lowest BCUT2D eigenvalue weighted by Gasteiger charge is -2.45. The highest BCUT2D eigenvalue weighted by atomic mass is 32.2. The number of rotatable bonds is 4. The van der Waals surface area contributed by atoms with E-state index in [1.165, 1.54) is 4.31 Å². The van der Waals surface area contributed by atoms with Crippen LogP contribution in [0.25, 0.3) is 0 Å². The van der Waals surface area contributed by atoms with E-state index in [2.05, 4.69) is 0 Å². The SMILES string of the molecule is CCCC1(O)CN(S(=O)(=O)c2ccc(C)cc2)C1. The van der Waals surface area contributed by atoms with Crippen molar-refractivity contribution < 1.29 is 13.5 Å². The zero-order valence-corrected chi connectivity index (χ0v) is 11.6. The Morgan fingerprint density at radius 2 is 1.83 bits per heavy atom. The molecule has 0 unspecified atom stereocenters. The minimum absolute atomic E-state index is 0.205. The molecule has 1 fully saturated rings. The van der Waals surface area contributed by atoms with Gasteiger partial charge in [0.15, 0.2) is 0 Å². The average Bonchev–Trinajstić information content (AvgIpc) is 2.26. The van der Waals surface area contributed by atoms with Gasteiger partial charge in [-0.3, -0.25) is 0 Å². The first kappa shape index (κ1) is 13.5. The van der Waals surface area contributed by atoms with E-state index in [1.54, 1.807) is 24.3 Å². The van der Waals surface area contributed by atoms with Gasteiger partial charge in [0.05, 0.1) is 10.5 Å². The summed E-state index contributed by atoms with van der Waals surface area (Å²) in [5, 5.41) is 10.0. The molecule has 0 radical (unpaired) electrons. The van der Waals surface area contributed by atoms with E-state index in [1.807, 2.05) is 13.8 Å². The molecule has 1 saturated heterocycles. The van der Waals surface area contributed by atoms with Crippen molar-refractivity contribution in [3.63, 3.8) is 0 Å². The van der Waals surface area contributed by atoms with E-state index in [4.69, 9.17) is 0 Å². The molecule has 5 heteroatoms. The fraction of sp³-hybridized carbons (Fsp3) is 0.538. The third-order valence-electron chi connectivity index (χ3n) is 3.32. The molecule has 0 aromatic heterocycles. The van der Waals surface area contributed by atoms with Crippen LogP contribution in [0.3, 0.4) is 0 Å². The molecule has 0 atom stereocenters. The lowest BCUT2D eigenvalue weighted by Crippen LogP contribution is -2.63. The molecule has 1 aromatic rings. The van der Waals surface area contributed by atoms with Crippen molar-refractivity contribution in [3.05, 3.63) is 29.8 Å². The van der Waals surface area contributed by atoms with Gasteiger partial charge < -0.3 is 5.11 Å². The Bertz CT molecular complexity index is 516. The molecule has 0 bridgehead atoms. The van der Waals surface area contributed by atoms with Crippen molar-refractivity contribution in [2.24, 2.45) is 0 Å². The Morgan fingerprint density at radius 1 is 1.28 bits per heavy atom. The predicted octanol–water partition coefficient (Wildman–Crippen LogP) is 1.53. The minimum atomic E-state index is -3.44. The van der Waals surface area contributed by atoms with Crippen molar-refractivity contribution in [1.82, 2.24) is 4.31 Å². The predicted molar refractivity (Wildman–Crippen MR) is 69.8 cm³/mol. The molecule has 1 aromatic carbocycles. The van der Waals surface area contributed by atoms with Gasteiger partial charge in [-0.1, -0.05) is 31.0 Å². The van der Waals surface area contributed by atoms with Crippen LogP contribution >= 0.6 is 0 Å². The number of β-amino-alcohol motifs (C(OH)–C–C–N with tert-alkyl or cyclic N) is 1. The maximum Gasteiger partial charge on any atom is 0.243 e. The molecule has 0 aliphatic carbocycles. The molecule has 1 aliphatic rings. The molecule has 0 amide bonds. The van der Waals surface area contributed by atoms with Crippen LogP contribution in [0.15, 0.2) is 29.2 Å². The van der Waals surface area contributed by atoms with E-state index in [9.17, 15) is 13.5 Å². The average molecular weight is 269 g/mol. The summed E-state index contributed by atoms with van der Waals surface area (Å²) in [4.78, 5) is 0.298. The number of benzene rings is 1. The van der Waals surface area contributed by atoms with Crippen molar-refractivity contribution in [2.75, 3.05) is 13.1 Å². The summed E-state index contributed by atoms with van der Waals surface area (Å²) < 4.78 is 25.8. The molecule has 1 aliphatic heterocycles. The quantitative estimate of drug-likeness (QED) is 0.902. The summed E-state index contributed by atoms with van der Waals surface area (Å²) in [5.41, 5.74) is 0.201. The zero-order valence-electron chi connectivity index (χ0n) is 10.8. The lowest BCUT2D eigenvalue weighted by molar-refractivity contribution is -0.0653. The van der Waals surface area contributed by atoms with Crippen LogP contribution in [0.1, 0.15) is 25.3 Å². The minimum Gasteiger partial charge on any atom is -0.387 e. The summed E-state index contributed by atoms with van der Waals surface area (Å²) in [6.07, 6.45) is 1.50. The fourth-order valence-electron chi connectivity index (χ4n) is 2.26. The summed E-state index contributed by atoms with van der Waals surface area (Å²) >= 11 is 0. The molecule has 2 rings (SSSR count). The molecular weight excluding hydrogens is 250 g/mol. The molecule has 100 valence electrons. The normalized spacial score (nSPS) is 19.5. The topological polar surface area (TPSA) is 57.6 Å². The van der Waals surface area contributed by atoms with Crippen LogP contribution in [0.5, 0.6) is 0 Å². The van der Waals surface area contributed by atoms with E-state index < -0.39 is 15.6 Å². The Balaban J connectivity index is 2.13. The first-order valence-electron chi connectivity index (χ1n) is 6.17. The van der Waals surface area contributed by atoms with E-state index in [0.717, 1.165) is 12.0 Å². The van der Waals surface area contributed by atoms with Gasteiger partial charge in [0.25, 0.3) is 0 Å². The van der Waals surface area contributed by atoms with Crippen LogP contribution < -0.4 is 0 Å². The fourth-order valence-corrected chi connectivity index (χ4v) is 3.86. The summed E-state index contributed by atoms with van der Waals surface area (Å²) in [6, 6.07) is 6.79. The van der Waals surface area contributed by atoms with Gasteiger partial charge >= 0.3 is 0 Å². The third kappa shape index (κ3) is 2.43. The van der Waals surface area contributed by atoms with Gasteiger partial charge in [0, 0.05) is 13.1 Å². The van der Waals surface area contributed by atoms with E-state index in [-0.39, 0.29) is 13.1 Å². The van der Waals surface area contributed by atoms with Gasteiger partial charge in [-0.15, -0.1) is 0 Å². The van der Waals surface area contributed by atoms with E-state index >= 15 is 0 Å². The van der Waals surface area contributed by atoms with Crippen LogP contribution in [-0.2, 0) is 10.0 Å². The molecule has 0 spiro atoms. The molecule has 4 nitrogen and oxygen atoms in total. The number of nitrogens with zero attached hydrogens (tertiary/aromatic N) is 1. The highest BCUT2D eigenvalue weighted by molar-refractivity contribution is 7.89. The number of aryl methyl sites for hydroxylation is 1. The standard InChI is InChI=1S/C13H19NO3S/c1-3-8-13(15)9-14(10-13)18(16,17)12-6-4-11(2)5-7-12/h4-7,15H,3,8-10H2,1-2H3. The second-order valence-electron chi connectivity index (χ2n) is 5.06. The second kappa shape index (κ2) is 4.64. The van der Waals surface area contributed by atoms with Crippen LogP contribution in [-0.4, -0.2) is 36.5 Å². The molecular formula is C13H19NO3S. The van der Waals surface area contributed by atoms with Crippen LogP contribution in [0.2, 0.25) is 0 Å². The van der Waals surface area contributed by atoms with Gasteiger partial charge in [0.1, 0.15) is 0 Å².